The molecule has 1 aromatic carbocycles. The number of nitrogens with zero attached hydrogens (tertiary/aromatic N) is 1. The molecule has 3 heteroatoms. The zero-order chi connectivity index (χ0) is 13.3. The number of halogens is 1. The summed E-state index contributed by atoms with van der Waals surface area (Å²) in [5.41, 5.74) is 2.33. The lowest BCUT2D eigenvalue weighted by Gasteiger charge is -2.42. The number of allylic oxidation sites excluding steroid dienone is 1. The first-order chi connectivity index (χ1) is 9.17. The van der Waals surface area contributed by atoms with Crippen molar-refractivity contribution in [3.05, 3.63) is 46.6 Å². The molecular formula is C16H17ClN2. The van der Waals surface area contributed by atoms with Crippen molar-refractivity contribution in [3.63, 3.8) is 0 Å². The molecule has 1 saturated heterocycles. The van der Waals surface area contributed by atoms with E-state index >= 15 is 0 Å². The van der Waals surface area contributed by atoms with Gasteiger partial charge in [0, 0.05) is 30.2 Å². The lowest BCUT2D eigenvalue weighted by molar-refractivity contribution is 0.141. The van der Waals surface area contributed by atoms with Crippen molar-refractivity contribution in [2.75, 3.05) is 19.6 Å². The van der Waals surface area contributed by atoms with Gasteiger partial charge in [-0.05, 0) is 43.5 Å². The van der Waals surface area contributed by atoms with Crippen LogP contribution in [0.2, 0.25) is 5.02 Å². The number of piperazine rings is 1. The smallest absolute Gasteiger partial charge is 0.0849 e. The number of nitrogens with one attached hydrogen (secondary N) is 1. The number of benzene rings is 1. The summed E-state index contributed by atoms with van der Waals surface area (Å²) in [6.07, 6.45) is 3.32. The third-order valence-electron chi connectivity index (χ3n) is 3.86. The van der Waals surface area contributed by atoms with Crippen LogP contribution < -0.4 is 5.32 Å². The van der Waals surface area contributed by atoms with Crippen LogP contribution in [0.1, 0.15) is 18.9 Å². The van der Waals surface area contributed by atoms with Crippen LogP contribution in [0.3, 0.4) is 0 Å². The summed E-state index contributed by atoms with van der Waals surface area (Å²) < 4.78 is 0. The van der Waals surface area contributed by atoms with Crippen LogP contribution in [-0.4, -0.2) is 30.1 Å². The highest BCUT2D eigenvalue weighted by Gasteiger charge is 2.38. The van der Waals surface area contributed by atoms with Crippen LogP contribution in [0.15, 0.2) is 36.0 Å². The molecule has 0 spiro atoms. The lowest BCUT2D eigenvalue weighted by Crippen LogP contribution is -2.56. The number of rotatable bonds is 0. The van der Waals surface area contributed by atoms with E-state index in [1.807, 2.05) is 24.3 Å². The van der Waals surface area contributed by atoms with E-state index in [0.29, 0.717) is 0 Å². The Morgan fingerprint density at radius 2 is 2.26 bits per heavy atom. The fraction of sp³-hybridized carbons (Fsp3) is 0.375. The Morgan fingerprint density at radius 1 is 1.37 bits per heavy atom. The summed E-state index contributed by atoms with van der Waals surface area (Å²) in [7, 11) is 0. The molecule has 1 aromatic rings. The van der Waals surface area contributed by atoms with Gasteiger partial charge < -0.3 is 10.2 Å². The molecule has 1 atom stereocenters. The second-order valence-electron chi connectivity index (χ2n) is 5.38. The Labute approximate surface area is 119 Å². The third-order valence-corrected chi connectivity index (χ3v) is 4.09. The minimum absolute atomic E-state index is 0.205. The molecule has 19 heavy (non-hydrogen) atoms. The molecule has 0 saturated carbocycles. The second-order valence-corrected chi connectivity index (χ2v) is 5.82. The normalized spacial score (nSPS) is 25.4. The molecule has 2 aliphatic rings. The fourth-order valence-electron chi connectivity index (χ4n) is 2.76. The Hall–Kier alpha value is -1.43. The Bertz CT molecular complexity index is 582. The summed E-state index contributed by atoms with van der Waals surface area (Å²) in [5, 5.41) is 4.19. The second kappa shape index (κ2) is 4.92. The number of hydrogen-bond donors (Lipinski definition) is 1. The molecule has 2 nitrogen and oxygen atoms in total. The molecule has 0 amide bonds. The number of fused-ring (bicyclic) bond motifs is 1. The van der Waals surface area contributed by atoms with Crippen molar-refractivity contribution in [2.45, 2.75) is 18.9 Å². The molecule has 0 aromatic heterocycles. The van der Waals surface area contributed by atoms with Gasteiger partial charge in [-0.3, -0.25) is 0 Å². The highest BCUT2D eigenvalue weighted by atomic mass is 35.5. The molecule has 3 rings (SSSR count). The van der Waals surface area contributed by atoms with E-state index in [9.17, 15) is 0 Å². The van der Waals surface area contributed by atoms with Gasteiger partial charge in [0.25, 0.3) is 0 Å². The SMILES string of the molecule is CC12CC=C(C#Cc3cccc(Cl)c3)N1CCNC2. The third kappa shape index (κ3) is 2.49. The average Bonchev–Trinajstić information content (AvgIpc) is 2.73. The molecule has 2 heterocycles. The van der Waals surface area contributed by atoms with E-state index < -0.39 is 0 Å². The molecule has 1 fully saturated rings. The Balaban J connectivity index is 1.81. The van der Waals surface area contributed by atoms with E-state index in [-0.39, 0.29) is 5.54 Å². The van der Waals surface area contributed by atoms with Crippen LogP contribution in [0.5, 0.6) is 0 Å². The van der Waals surface area contributed by atoms with Crippen molar-refractivity contribution in [1.82, 2.24) is 10.2 Å². The van der Waals surface area contributed by atoms with Gasteiger partial charge in [-0.15, -0.1) is 0 Å². The van der Waals surface area contributed by atoms with Crippen LogP contribution in [0.4, 0.5) is 0 Å². The van der Waals surface area contributed by atoms with Gasteiger partial charge in [0.2, 0.25) is 0 Å². The van der Waals surface area contributed by atoms with Crippen molar-refractivity contribution in [1.29, 1.82) is 0 Å². The van der Waals surface area contributed by atoms with Gasteiger partial charge in [-0.2, -0.15) is 0 Å². The molecule has 0 bridgehead atoms. The molecule has 0 aliphatic carbocycles. The monoisotopic (exact) mass is 272 g/mol. The van der Waals surface area contributed by atoms with E-state index in [1.54, 1.807) is 0 Å². The highest BCUT2D eigenvalue weighted by molar-refractivity contribution is 6.30. The van der Waals surface area contributed by atoms with E-state index in [1.165, 1.54) is 0 Å². The van der Waals surface area contributed by atoms with Gasteiger partial charge in [-0.25, -0.2) is 0 Å². The molecule has 98 valence electrons. The van der Waals surface area contributed by atoms with Crippen molar-refractivity contribution in [3.8, 4) is 11.8 Å². The highest BCUT2D eigenvalue weighted by Crippen LogP contribution is 2.32. The Kier molecular flexibility index (Phi) is 3.26. The summed E-state index contributed by atoms with van der Waals surface area (Å²) in [5.74, 6) is 6.51. The molecule has 2 aliphatic heterocycles. The van der Waals surface area contributed by atoms with Crippen LogP contribution in [0, 0.1) is 11.8 Å². The van der Waals surface area contributed by atoms with E-state index in [2.05, 4.69) is 35.1 Å². The standard InChI is InChI=1S/C16H17ClN2/c1-16-8-7-15(19(16)10-9-18-12-16)6-5-13-3-2-4-14(17)11-13/h2-4,7,11,18H,8-10,12H2,1H3. The van der Waals surface area contributed by atoms with Gasteiger partial charge in [0.15, 0.2) is 0 Å². The van der Waals surface area contributed by atoms with Crippen LogP contribution in [0.25, 0.3) is 0 Å². The van der Waals surface area contributed by atoms with Gasteiger partial charge in [0.1, 0.15) is 0 Å². The molecule has 1 N–H and O–H groups in total. The Morgan fingerprint density at radius 3 is 3.11 bits per heavy atom. The van der Waals surface area contributed by atoms with Crippen LogP contribution >= 0.6 is 11.6 Å². The first kappa shape index (κ1) is 12.6. The lowest BCUT2D eigenvalue weighted by atomic mass is 9.97. The van der Waals surface area contributed by atoms with E-state index in [4.69, 9.17) is 11.6 Å². The van der Waals surface area contributed by atoms with Crippen LogP contribution in [-0.2, 0) is 0 Å². The predicted molar refractivity (Wildman–Crippen MR) is 79.0 cm³/mol. The maximum atomic E-state index is 5.97. The summed E-state index contributed by atoms with van der Waals surface area (Å²) in [6.45, 7) is 5.40. The minimum Gasteiger partial charge on any atom is -0.357 e. The van der Waals surface area contributed by atoms with Crippen molar-refractivity contribution >= 4 is 11.6 Å². The first-order valence-corrected chi connectivity index (χ1v) is 7.01. The average molecular weight is 273 g/mol. The van der Waals surface area contributed by atoms with Crippen molar-refractivity contribution < 1.29 is 0 Å². The first-order valence-electron chi connectivity index (χ1n) is 6.63. The maximum Gasteiger partial charge on any atom is 0.0849 e. The van der Waals surface area contributed by atoms with Gasteiger partial charge >= 0.3 is 0 Å². The summed E-state index contributed by atoms with van der Waals surface area (Å²) >= 11 is 5.97. The van der Waals surface area contributed by atoms with Gasteiger partial charge in [0.05, 0.1) is 11.2 Å². The zero-order valence-corrected chi connectivity index (χ0v) is 11.8. The zero-order valence-electron chi connectivity index (χ0n) is 11.0. The van der Waals surface area contributed by atoms with Crippen molar-refractivity contribution in [2.24, 2.45) is 0 Å². The van der Waals surface area contributed by atoms with Gasteiger partial charge in [-0.1, -0.05) is 23.6 Å². The molecule has 0 radical (unpaired) electrons. The predicted octanol–water partition coefficient (Wildman–Crippen LogP) is 2.64. The summed E-state index contributed by atoms with van der Waals surface area (Å²) in [4.78, 5) is 2.43. The summed E-state index contributed by atoms with van der Waals surface area (Å²) in [6, 6.07) is 7.70. The quantitative estimate of drug-likeness (QED) is 0.731. The topological polar surface area (TPSA) is 15.3 Å². The fourth-order valence-corrected chi connectivity index (χ4v) is 2.95. The molecular weight excluding hydrogens is 256 g/mol. The van der Waals surface area contributed by atoms with E-state index in [0.717, 1.165) is 42.3 Å². The molecule has 1 unspecified atom stereocenters. The largest absolute Gasteiger partial charge is 0.357 e. The number of hydrogen-bond acceptors (Lipinski definition) is 2. The minimum atomic E-state index is 0.205. The maximum absolute atomic E-state index is 5.97.